The lowest BCUT2D eigenvalue weighted by Crippen LogP contribution is -2.39. The van der Waals surface area contributed by atoms with Crippen LogP contribution in [0.25, 0.3) is 0 Å². The first-order valence-electron chi connectivity index (χ1n) is 7.86. The highest BCUT2D eigenvalue weighted by atomic mass is 32.3. The number of carbonyl (C=O) groups excluding carboxylic acids is 1. The lowest BCUT2D eigenvalue weighted by molar-refractivity contribution is 0.0696. The second-order valence-corrected chi connectivity index (χ2v) is 6.20. The molecule has 0 aromatic heterocycles. The van der Waals surface area contributed by atoms with Gasteiger partial charge in [-0.3, -0.25) is 14.5 Å². The molecule has 150 valence electrons. The van der Waals surface area contributed by atoms with Crippen molar-refractivity contribution >= 4 is 33.9 Å². The molecule has 1 saturated heterocycles. The summed E-state index contributed by atoms with van der Waals surface area (Å²) in [7, 11) is -4.67. The van der Waals surface area contributed by atoms with Crippen LogP contribution in [0, 0.1) is 0 Å². The molecule has 0 unspecified atom stereocenters. The van der Waals surface area contributed by atoms with Gasteiger partial charge in [0.1, 0.15) is 0 Å². The van der Waals surface area contributed by atoms with Crippen LogP contribution in [0.2, 0.25) is 0 Å². The van der Waals surface area contributed by atoms with Crippen LogP contribution >= 0.6 is 0 Å². The second kappa shape index (κ2) is 10.4. The number of carboxylic acids is 1. The average molecular weight is 403 g/mol. The lowest BCUT2D eigenvalue weighted by atomic mass is 10.1. The second-order valence-electron chi connectivity index (χ2n) is 5.31. The molecule has 1 heterocycles. The van der Waals surface area contributed by atoms with Crippen LogP contribution in [0.5, 0.6) is 0 Å². The topological polar surface area (TPSA) is 166 Å². The van der Waals surface area contributed by atoms with E-state index in [-0.39, 0.29) is 11.7 Å². The first kappa shape index (κ1) is 22.3. The Morgan fingerprint density at radius 1 is 1.19 bits per heavy atom. The van der Waals surface area contributed by atoms with Gasteiger partial charge in [-0.2, -0.15) is 13.5 Å². The molecule has 12 heteroatoms. The van der Waals surface area contributed by atoms with E-state index in [0.717, 1.165) is 11.4 Å². The molecule has 2 rings (SSSR count). The molecular formula is C15H21N3O8S. The minimum Gasteiger partial charge on any atom is -0.478 e. The molecule has 1 aromatic rings. The number of nitrogens with zero attached hydrogens (tertiary/aromatic N) is 2. The fourth-order valence-corrected chi connectivity index (χ4v) is 2.10. The summed E-state index contributed by atoms with van der Waals surface area (Å²) < 4.78 is 36.5. The van der Waals surface area contributed by atoms with Gasteiger partial charge in [0.05, 0.1) is 17.9 Å². The highest BCUT2D eigenvalue weighted by Crippen LogP contribution is 2.12. The molecule has 0 bridgehead atoms. The molecule has 1 aliphatic rings. The van der Waals surface area contributed by atoms with E-state index < -0.39 is 16.4 Å². The maximum Gasteiger partial charge on any atom is 0.409 e. The quantitative estimate of drug-likeness (QED) is 0.432. The first-order chi connectivity index (χ1) is 12.6. The number of carboxylic acid groups (broad SMARTS) is 1. The van der Waals surface area contributed by atoms with E-state index in [1.165, 1.54) is 12.1 Å². The van der Waals surface area contributed by atoms with Crippen LogP contribution in [-0.2, 0) is 15.1 Å². The Balaban J connectivity index is 0.000000646. The normalized spacial score (nSPS) is 13.9. The third-order valence-electron chi connectivity index (χ3n) is 3.34. The van der Waals surface area contributed by atoms with E-state index in [2.05, 4.69) is 10.5 Å². The maximum absolute atomic E-state index is 11.6. The molecule has 1 aromatic carbocycles. The van der Waals surface area contributed by atoms with Crippen LogP contribution < -0.4 is 5.43 Å². The predicted octanol–water partition coefficient (Wildman–Crippen LogP) is 1.75. The van der Waals surface area contributed by atoms with Gasteiger partial charge >= 0.3 is 22.5 Å². The summed E-state index contributed by atoms with van der Waals surface area (Å²) in [6, 6.07) is 6.38. The number of hydrogen-bond donors (Lipinski definition) is 4. The summed E-state index contributed by atoms with van der Waals surface area (Å²) in [4.78, 5) is 24.0. The van der Waals surface area contributed by atoms with Crippen molar-refractivity contribution in [3.8, 4) is 0 Å². The van der Waals surface area contributed by atoms with Gasteiger partial charge in [-0.25, -0.2) is 9.59 Å². The number of amides is 1. The van der Waals surface area contributed by atoms with Gasteiger partial charge in [-0.15, -0.1) is 0 Å². The highest BCUT2D eigenvalue weighted by Gasteiger charge is 2.20. The van der Waals surface area contributed by atoms with Crippen molar-refractivity contribution in [2.45, 2.75) is 19.8 Å². The summed E-state index contributed by atoms with van der Waals surface area (Å²) >= 11 is 0. The van der Waals surface area contributed by atoms with Crippen molar-refractivity contribution < 1.29 is 37.0 Å². The van der Waals surface area contributed by atoms with Gasteiger partial charge in [-0.1, -0.05) is 0 Å². The number of piperidine rings is 1. The van der Waals surface area contributed by atoms with E-state index in [1.807, 2.05) is 0 Å². The Morgan fingerprint density at radius 3 is 2.15 bits per heavy atom. The van der Waals surface area contributed by atoms with Crippen LogP contribution in [0.4, 0.5) is 10.5 Å². The average Bonchev–Trinajstić information content (AvgIpc) is 2.59. The van der Waals surface area contributed by atoms with E-state index >= 15 is 0 Å². The third kappa shape index (κ3) is 9.53. The van der Waals surface area contributed by atoms with Crippen LogP contribution in [0.3, 0.4) is 0 Å². The van der Waals surface area contributed by atoms with Crippen molar-refractivity contribution in [3.63, 3.8) is 0 Å². The fourth-order valence-electron chi connectivity index (χ4n) is 2.10. The molecular weight excluding hydrogens is 382 g/mol. The number of carbonyl (C=O) groups is 2. The van der Waals surface area contributed by atoms with Crippen molar-refractivity contribution in [2.24, 2.45) is 5.10 Å². The molecule has 0 radical (unpaired) electrons. The Kier molecular flexibility index (Phi) is 8.65. The van der Waals surface area contributed by atoms with Crippen molar-refractivity contribution in [2.75, 3.05) is 25.1 Å². The van der Waals surface area contributed by atoms with Crippen molar-refractivity contribution in [1.82, 2.24) is 4.90 Å². The minimum absolute atomic E-state index is 0.237. The summed E-state index contributed by atoms with van der Waals surface area (Å²) in [6.07, 6.45) is 1.11. The predicted molar refractivity (Wildman–Crippen MR) is 96.5 cm³/mol. The smallest absolute Gasteiger partial charge is 0.409 e. The van der Waals surface area contributed by atoms with E-state index in [0.29, 0.717) is 32.5 Å². The number of hydrogen-bond acceptors (Lipinski definition) is 7. The van der Waals surface area contributed by atoms with Gasteiger partial charge in [-0.05, 0) is 31.2 Å². The number of rotatable bonds is 4. The molecule has 0 saturated carbocycles. The lowest BCUT2D eigenvalue weighted by Gasteiger charge is -2.26. The van der Waals surface area contributed by atoms with Crippen molar-refractivity contribution in [1.29, 1.82) is 0 Å². The SMILES string of the molecule is CCOC(=O)N1CCC(=NNc2ccc(C(=O)O)cc2)CC1.O=S(=O)(O)O. The third-order valence-corrected chi connectivity index (χ3v) is 3.34. The minimum atomic E-state index is -4.67. The number of likely N-dealkylation sites (tertiary alicyclic amines) is 1. The highest BCUT2D eigenvalue weighted by molar-refractivity contribution is 7.79. The molecule has 0 atom stereocenters. The number of benzene rings is 1. The zero-order chi connectivity index (χ0) is 20.4. The first-order valence-corrected chi connectivity index (χ1v) is 9.26. The Hall–Kier alpha value is -2.70. The van der Waals surface area contributed by atoms with Gasteiger partial charge in [0, 0.05) is 31.6 Å². The van der Waals surface area contributed by atoms with Crippen LogP contribution in [-0.4, -0.2) is 65.0 Å². The van der Waals surface area contributed by atoms with Crippen LogP contribution in [0.15, 0.2) is 29.4 Å². The van der Waals surface area contributed by atoms with E-state index in [9.17, 15) is 9.59 Å². The zero-order valence-electron chi connectivity index (χ0n) is 14.5. The summed E-state index contributed by atoms with van der Waals surface area (Å²) in [5.74, 6) is -0.954. The van der Waals surface area contributed by atoms with E-state index in [4.69, 9.17) is 27.4 Å². The molecule has 27 heavy (non-hydrogen) atoms. The summed E-state index contributed by atoms with van der Waals surface area (Å²) in [5, 5.41) is 13.1. The monoisotopic (exact) mass is 403 g/mol. The standard InChI is InChI=1S/C15H19N3O4.H2O4S/c1-2-22-15(21)18-9-7-13(8-10-18)17-16-12-5-3-11(4-6-12)14(19)20;1-5(2,3)4/h3-6,16H,2,7-10H2,1H3,(H,19,20);(H2,1,2,3,4). The molecule has 0 aliphatic carbocycles. The van der Waals surface area contributed by atoms with Gasteiger partial charge < -0.3 is 14.7 Å². The molecule has 0 spiro atoms. The number of anilines is 1. The summed E-state index contributed by atoms with van der Waals surface area (Å²) in [6.45, 7) is 3.35. The van der Waals surface area contributed by atoms with Crippen molar-refractivity contribution in [3.05, 3.63) is 29.8 Å². The fraction of sp³-hybridized carbons (Fsp3) is 0.400. The molecule has 11 nitrogen and oxygen atoms in total. The zero-order valence-corrected chi connectivity index (χ0v) is 15.3. The molecule has 4 N–H and O–H groups in total. The van der Waals surface area contributed by atoms with Crippen LogP contribution in [0.1, 0.15) is 30.1 Å². The maximum atomic E-state index is 11.6. The van der Waals surface area contributed by atoms with Gasteiger partial charge in [0.15, 0.2) is 0 Å². The summed E-state index contributed by atoms with van der Waals surface area (Å²) in [5.41, 5.74) is 4.85. The van der Waals surface area contributed by atoms with Gasteiger partial charge in [0.25, 0.3) is 0 Å². The number of aromatic carboxylic acids is 1. The number of nitrogens with one attached hydrogen (secondary N) is 1. The van der Waals surface area contributed by atoms with Gasteiger partial charge in [0.2, 0.25) is 0 Å². The number of hydrazone groups is 1. The molecule has 1 aliphatic heterocycles. The molecule has 1 amide bonds. The Morgan fingerprint density at radius 2 is 1.70 bits per heavy atom. The largest absolute Gasteiger partial charge is 0.478 e. The Labute approximate surface area is 156 Å². The molecule has 1 fully saturated rings. The Bertz CT molecular complexity index is 759. The number of ether oxygens (including phenoxy) is 1. The van der Waals surface area contributed by atoms with E-state index in [1.54, 1.807) is 24.0 Å².